The third-order valence-corrected chi connectivity index (χ3v) is 3.52. The normalized spacial score (nSPS) is 22.1. The summed E-state index contributed by atoms with van der Waals surface area (Å²) in [6, 6.07) is 2.91. The van der Waals surface area contributed by atoms with Crippen LogP contribution in [0.1, 0.15) is 17.3 Å². The fraction of sp³-hybridized carbons (Fsp3) is 0.462. The van der Waals surface area contributed by atoms with Gasteiger partial charge >= 0.3 is 0 Å². The lowest BCUT2D eigenvalue weighted by Gasteiger charge is -2.36. The van der Waals surface area contributed by atoms with Gasteiger partial charge in [-0.05, 0) is 19.1 Å². The van der Waals surface area contributed by atoms with Crippen LogP contribution in [0.3, 0.4) is 0 Å². The number of nitro benzene ring substituents is 1. The summed E-state index contributed by atoms with van der Waals surface area (Å²) in [4.78, 5) is 24.1. The van der Waals surface area contributed by atoms with Crippen molar-refractivity contribution >= 4 is 23.2 Å². The highest BCUT2D eigenvalue weighted by atomic mass is 35.5. The molecule has 0 spiro atoms. The molecule has 1 aliphatic rings. The summed E-state index contributed by atoms with van der Waals surface area (Å²) in [5.74, 6) is -1.06. The third-order valence-electron chi connectivity index (χ3n) is 3.17. The van der Waals surface area contributed by atoms with Crippen LogP contribution < -0.4 is 0 Å². The lowest BCUT2D eigenvalue weighted by Crippen LogP contribution is -2.49. The molecule has 1 fully saturated rings. The number of ether oxygens (including phenoxy) is 1. The number of halogens is 2. The number of hydrogen-bond donors (Lipinski definition) is 0. The second kappa shape index (κ2) is 6.36. The monoisotopic (exact) mass is 316 g/mol. The van der Waals surface area contributed by atoms with Crippen molar-refractivity contribution in [3.63, 3.8) is 0 Å². The molecule has 1 saturated heterocycles. The second-order valence-corrected chi connectivity index (χ2v) is 5.16. The van der Waals surface area contributed by atoms with Gasteiger partial charge in [-0.25, -0.2) is 4.39 Å². The van der Waals surface area contributed by atoms with E-state index in [1.165, 1.54) is 4.90 Å². The number of morpholine rings is 1. The van der Waals surface area contributed by atoms with Gasteiger partial charge in [-0.2, -0.15) is 0 Å². The smallest absolute Gasteiger partial charge is 0.285 e. The van der Waals surface area contributed by atoms with E-state index in [1.54, 1.807) is 6.92 Å². The van der Waals surface area contributed by atoms with E-state index < -0.39 is 22.3 Å². The summed E-state index contributed by atoms with van der Waals surface area (Å²) >= 11 is 5.74. The number of nitro groups is 1. The first-order chi connectivity index (χ1) is 9.92. The molecule has 8 heteroatoms. The first-order valence-corrected chi connectivity index (χ1v) is 6.90. The van der Waals surface area contributed by atoms with Crippen LogP contribution in [-0.2, 0) is 4.74 Å². The molecule has 0 aliphatic carbocycles. The topological polar surface area (TPSA) is 72.7 Å². The standard InChI is InChI=1S/C13H14ClFN2O4/c1-8-6-16(7-10(5-14)21-8)13(18)11-3-2-9(15)4-12(11)17(19)20/h2-4,8,10H,5-7H2,1H3. The minimum Gasteiger partial charge on any atom is -0.370 e. The summed E-state index contributed by atoms with van der Waals surface area (Å²) in [5.41, 5.74) is -0.676. The number of hydrogen-bond acceptors (Lipinski definition) is 4. The molecule has 0 saturated carbocycles. The van der Waals surface area contributed by atoms with E-state index in [-0.39, 0.29) is 30.2 Å². The molecule has 0 bridgehead atoms. The van der Waals surface area contributed by atoms with E-state index in [2.05, 4.69) is 0 Å². The number of amides is 1. The van der Waals surface area contributed by atoms with Crippen molar-refractivity contribution < 1.29 is 18.8 Å². The minimum atomic E-state index is -0.765. The Labute approximate surface area is 125 Å². The van der Waals surface area contributed by atoms with E-state index in [9.17, 15) is 19.3 Å². The molecule has 0 radical (unpaired) electrons. The van der Waals surface area contributed by atoms with Gasteiger partial charge in [0.25, 0.3) is 11.6 Å². The molecule has 1 aromatic carbocycles. The van der Waals surface area contributed by atoms with Crippen molar-refractivity contribution in [2.24, 2.45) is 0 Å². The Kier molecular flexibility index (Phi) is 4.74. The molecule has 2 rings (SSSR count). The molecule has 0 aromatic heterocycles. The van der Waals surface area contributed by atoms with E-state index in [0.29, 0.717) is 6.54 Å². The third kappa shape index (κ3) is 3.48. The average Bonchev–Trinajstić information content (AvgIpc) is 2.45. The van der Waals surface area contributed by atoms with Gasteiger partial charge in [-0.15, -0.1) is 11.6 Å². The van der Waals surface area contributed by atoms with Crippen molar-refractivity contribution in [3.05, 3.63) is 39.7 Å². The van der Waals surface area contributed by atoms with Crippen molar-refractivity contribution in [1.29, 1.82) is 0 Å². The van der Waals surface area contributed by atoms with Crippen LogP contribution in [0.5, 0.6) is 0 Å². The van der Waals surface area contributed by atoms with Gasteiger partial charge in [0, 0.05) is 13.1 Å². The molecular weight excluding hydrogens is 303 g/mol. The molecule has 21 heavy (non-hydrogen) atoms. The maximum absolute atomic E-state index is 13.1. The summed E-state index contributed by atoms with van der Waals surface area (Å²) in [6.07, 6.45) is -0.537. The number of benzene rings is 1. The second-order valence-electron chi connectivity index (χ2n) is 4.85. The fourth-order valence-corrected chi connectivity index (χ4v) is 2.47. The number of rotatable bonds is 3. The molecule has 1 aromatic rings. The van der Waals surface area contributed by atoms with Gasteiger partial charge in [-0.1, -0.05) is 0 Å². The Balaban J connectivity index is 2.29. The van der Waals surface area contributed by atoms with Crippen molar-refractivity contribution in [3.8, 4) is 0 Å². The number of nitrogens with zero attached hydrogens (tertiary/aromatic N) is 2. The number of alkyl halides is 1. The molecule has 1 heterocycles. The highest BCUT2D eigenvalue weighted by Gasteiger charge is 2.31. The molecule has 0 N–H and O–H groups in total. The molecule has 2 atom stereocenters. The Morgan fingerprint density at radius 1 is 1.57 bits per heavy atom. The quantitative estimate of drug-likeness (QED) is 0.487. The van der Waals surface area contributed by atoms with Crippen LogP contribution in [0.15, 0.2) is 18.2 Å². The number of carbonyl (C=O) groups is 1. The Morgan fingerprint density at radius 3 is 2.90 bits per heavy atom. The first-order valence-electron chi connectivity index (χ1n) is 6.37. The largest absolute Gasteiger partial charge is 0.370 e. The van der Waals surface area contributed by atoms with Gasteiger partial charge in [-0.3, -0.25) is 14.9 Å². The Bertz CT molecular complexity index is 569. The first kappa shape index (κ1) is 15.7. The van der Waals surface area contributed by atoms with Gasteiger partial charge < -0.3 is 9.64 Å². The highest BCUT2D eigenvalue weighted by Crippen LogP contribution is 2.23. The van der Waals surface area contributed by atoms with Crippen molar-refractivity contribution in [1.82, 2.24) is 4.90 Å². The Hall–Kier alpha value is -1.73. The van der Waals surface area contributed by atoms with Crippen LogP contribution in [0, 0.1) is 15.9 Å². The summed E-state index contributed by atoms with van der Waals surface area (Å²) in [6.45, 7) is 2.35. The summed E-state index contributed by atoms with van der Waals surface area (Å²) in [5, 5.41) is 11.0. The van der Waals surface area contributed by atoms with E-state index in [4.69, 9.17) is 16.3 Å². The maximum Gasteiger partial charge on any atom is 0.285 e. The molecule has 1 amide bonds. The molecule has 2 unspecified atom stereocenters. The predicted octanol–water partition coefficient (Wildman–Crippen LogP) is 2.20. The molecule has 6 nitrogen and oxygen atoms in total. The number of carbonyl (C=O) groups excluding carboxylic acids is 1. The van der Waals surface area contributed by atoms with Crippen LogP contribution in [0.25, 0.3) is 0 Å². The zero-order valence-electron chi connectivity index (χ0n) is 11.3. The zero-order valence-corrected chi connectivity index (χ0v) is 12.0. The SMILES string of the molecule is CC1CN(C(=O)c2ccc(F)cc2[N+](=O)[O-])CC(CCl)O1. The lowest BCUT2D eigenvalue weighted by molar-refractivity contribution is -0.385. The van der Waals surface area contributed by atoms with Crippen molar-refractivity contribution in [2.75, 3.05) is 19.0 Å². The zero-order chi connectivity index (χ0) is 15.6. The van der Waals surface area contributed by atoms with Crippen molar-refractivity contribution in [2.45, 2.75) is 19.1 Å². The maximum atomic E-state index is 13.1. The Morgan fingerprint density at radius 2 is 2.29 bits per heavy atom. The van der Waals surface area contributed by atoms with Gasteiger partial charge in [0.2, 0.25) is 0 Å². The van der Waals surface area contributed by atoms with Gasteiger partial charge in [0.1, 0.15) is 11.4 Å². The fourth-order valence-electron chi connectivity index (χ4n) is 2.30. The molecule has 114 valence electrons. The van der Waals surface area contributed by atoms with Gasteiger partial charge in [0.05, 0.1) is 29.1 Å². The van der Waals surface area contributed by atoms with Crippen LogP contribution >= 0.6 is 11.6 Å². The van der Waals surface area contributed by atoms with E-state index >= 15 is 0 Å². The van der Waals surface area contributed by atoms with Crippen LogP contribution in [-0.4, -0.2) is 46.9 Å². The molecule has 1 aliphatic heterocycles. The minimum absolute atomic E-state index is 0.135. The average molecular weight is 317 g/mol. The predicted molar refractivity (Wildman–Crippen MR) is 74.0 cm³/mol. The van der Waals surface area contributed by atoms with Crippen LogP contribution in [0.4, 0.5) is 10.1 Å². The summed E-state index contributed by atoms with van der Waals surface area (Å²) < 4.78 is 18.7. The molecular formula is C13H14ClFN2O4. The van der Waals surface area contributed by atoms with Gasteiger partial charge in [0.15, 0.2) is 0 Å². The summed E-state index contributed by atoms with van der Waals surface area (Å²) in [7, 11) is 0. The van der Waals surface area contributed by atoms with Crippen LogP contribution in [0.2, 0.25) is 0 Å². The highest BCUT2D eigenvalue weighted by molar-refractivity contribution is 6.18. The lowest BCUT2D eigenvalue weighted by atomic mass is 10.1. The van der Waals surface area contributed by atoms with E-state index in [1.807, 2.05) is 0 Å². The van der Waals surface area contributed by atoms with E-state index in [0.717, 1.165) is 18.2 Å².